The van der Waals surface area contributed by atoms with E-state index in [1.54, 1.807) is 45.0 Å². The number of esters is 1. The molecule has 0 unspecified atom stereocenters. The number of aryl methyl sites for hydroxylation is 1. The zero-order chi connectivity index (χ0) is 21.1. The van der Waals surface area contributed by atoms with Crippen molar-refractivity contribution < 1.29 is 9.53 Å². The average molecular weight is 429 g/mol. The first kappa shape index (κ1) is 20.6. The Morgan fingerprint density at radius 2 is 2.07 bits per heavy atom. The van der Waals surface area contributed by atoms with E-state index in [-0.39, 0.29) is 12.2 Å². The van der Waals surface area contributed by atoms with Gasteiger partial charge in [0.05, 0.1) is 23.4 Å². The molecule has 7 nitrogen and oxygen atoms in total. The third-order valence-electron chi connectivity index (χ3n) is 4.21. The van der Waals surface area contributed by atoms with Crippen molar-refractivity contribution in [2.45, 2.75) is 20.8 Å². The second-order valence-corrected chi connectivity index (χ2v) is 7.53. The van der Waals surface area contributed by atoms with Gasteiger partial charge in [-0.2, -0.15) is 5.26 Å². The molecule has 1 N–H and O–H groups in total. The molecular formula is C20H17ClN4O3S. The quantitative estimate of drug-likeness (QED) is 0.483. The number of hydrogen-bond acceptors (Lipinski definition) is 6. The minimum atomic E-state index is -0.490. The number of benzene rings is 1. The standard InChI is InChI=1S/C20H17ClN4O3S/c1-4-28-20(27)17-11(2)15(9-22)18(29-17)23-10-16-12(3)24-25(19(16)26)14-7-5-13(21)6-8-14/h5-8,10,24H,4H2,1-3H3/b23-10+. The van der Waals surface area contributed by atoms with Crippen molar-refractivity contribution in [1.82, 2.24) is 9.78 Å². The molecule has 0 aliphatic heterocycles. The van der Waals surface area contributed by atoms with Crippen LogP contribution in [0.25, 0.3) is 5.69 Å². The highest BCUT2D eigenvalue weighted by Gasteiger charge is 2.21. The van der Waals surface area contributed by atoms with Crippen LogP contribution in [-0.2, 0) is 4.74 Å². The van der Waals surface area contributed by atoms with E-state index in [2.05, 4.69) is 16.2 Å². The van der Waals surface area contributed by atoms with Crippen LogP contribution in [0, 0.1) is 25.2 Å². The number of hydrogen-bond donors (Lipinski definition) is 1. The zero-order valence-corrected chi connectivity index (χ0v) is 17.5. The number of aromatic amines is 1. The van der Waals surface area contributed by atoms with Gasteiger partial charge in [0.15, 0.2) is 0 Å². The molecule has 0 aliphatic rings. The van der Waals surface area contributed by atoms with Gasteiger partial charge in [-0.1, -0.05) is 11.6 Å². The molecular weight excluding hydrogens is 412 g/mol. The molecule has 1 aromatic carbocycles. The molecule has 29 heavy (non-hydrogen) atoms. The van der Waals surface area contributed by atoms with E-state index < -0.39 is 5.97 Å². The van der Waals surface area contributed by atoms with Gasteiger partial charge in [0.25, 0.3) is 5.56 Å². The smallest absolute Gasteiger partial charge is 0.348 e. The molecule has 148 valence electrons. The summed E-state index contributed by atoms with van der Waals surface area (Å²) in [6.45, 7) is 5.38. The lowest BCUT2D eigenvalue weighted by Gasteiger charge is -2.00. The minimum absolute atomic E-state index is 0.240. The van der Waals surface area contributed by atoms with Crippen LogP contribution in [0.15, 0.2) is 34.1 Å². The molecule has 0 fully saturated rings. The van der Waals surface area contributed by atoms with Crippen molar-refractivity contribution in [2.75, 3.05) is 6.61 Å². The summed E-state index contributed by atoms with van der Waals surface area (Å²) in [4.78, 5) is 29.5. The molecule has 2 heterocycles. The highest BCUT2D eigenvalue weighted by molar-refractivity contribution is 7.18. The van der Waals surface area contributed by atoms with E-state index in [0.717, 1.165) is 11.3 Å². The van der Waals surface area contributed by atoms with E-state index in [1.165, 1.54) is 10.9 Å². The fourth-order valence-electron chi connectivity index (χ4n) is 2.72. The van der Waals surface area contributed by atoms with Gasteiger partial charge in [-0.3, -0.25) is 9.89 Å². The molecule has 3 rings (SSSR count). The van der Waals surface area contributed by atoms with Crippen molar-refractivity contribution in [3.05, 3.63) is 66.9 Å². The predicted octanol–water partition coefficient (Wildman–Crippen LogP) is 4.30. The van der Waals surface area contributed by atoms with Crippen LogP contribution in [-0.4, -0.2) is 28.6 Å². The summed E-state index contributed by atoms with van der Waals surface area (Å²) < 4.78 is 6.42. The van der Waals surface area contributed by atoms with E-state index in [0.29, 0.717) is 43.0 Å². The van der Waals surface area contributed by atoms with Crippen LogP contribution in [0.4, 0.5) is 5.00 Å². The Morgan fingerprint density at radius 1 is 1.38 bits per heavy atom. The van der Waals surface area contributed by atoms with E-state index >= 15 is 0 Å². The molecule has 0 saturated heterocycles. The predicted molar refractivity (Wildman–Crippen MR) is 113 cm³/mol. The first-order valence-electron chi connectivity index (χ1n) is 8.69. The third-order valence-corrected chi connectivity index (χ3v) is 5.65. The van der Waals surface area contributed by atoms with Gasteiger partial charge in [0.2, 0.25) is 0 Å². The van der Waals surface area contributed by atoms with Crippen molar-refractivity contribution in [3.63, 3.8) is 0 Å². The molecule has 0 radical (unpaired) electrons. The van der Waals surface area contributed by atoms with Gasteiger partial charge in [0, 0.05) is 16.9 Å². The maximum atomic E-state index is 12.8. The number of carbonyl (C=O) groups is 1. The normalized spacial score (nSPS) is 11.0. The van der Waals surface area contributed by atoms with Crippen LogP contribution >= 0.6 is 22.9 Å². The van der Waals surface area contributed by atoms with Crippen LogP contribution in [0.1, 0.15) is 39.0 Å². The van der Waals surface area contributed by atoms with E-state index in [9.17, 15) is 14.9 Å². The van der Waals surface area contributed by atoms with Gasteiger partial charge in [-0.15, -0.1) is 11.3 Å². The molecule has 0 aliphatic carbocycles. The van der Waals surface area contributed by atoms with Crippen molar-refractivity contribution in [3.8, 4) is 11.8 Å². The number of nitriles is 1. The summed E-state index contributed by atoms with van der Waals surface area (Å²) in [5.41, 5.74) is 2.13. The Hall–Kier alpha value is -3.15. The number of H-pyrrole nitrogens is 1. The molecule has 0 bridgehead atoms. The van der Waals surface area contributed by atoms with Gasteiger partial charge in [0.1, 0.15) is 15.9 Å². The summed E-state index contributed by atoms with van der Waals surface area (Å²) in [6, 6.07) is 8.90. The van der Waals surface area contributed by atoms with Crippen molar-refractivity contribution in [1.29, 1.82) is 5.26 Å². The van der Waals surface area contributed by atoms with Crippen LogP contribution in [0.3, 0.4) is 0 Å². The number of nitrogens with zero attached hydrogens (tertiary/aromatic N) is 3. The summed E-state index contributed by atoms with van der Waals surface area (Å²) in [7, 11) is 0. The van der Waals surface area contributed by atoms with Crippen molar-refractivity contribution in [2.24, 2.45) is 4.99 Å². The monoisotopic (exact) mass is 428 g/mol. The number of halogens is 1. The Bertz CT molecular complexity index is 1200. The lowest BCUT2D eigenvalue weighted by Crippen LogP contribution is -2.17. The molecule has 0 amide bonds. The Labute approximate surface area is 175 Å². The fourth-order valence-corrected chi connectivity index (χ4v) is 3.84. The van der Waals surface area contributed by atoms with Gasteiger partial charge in [-0.25, -0.2) is 14.5 Å². The number of aromatic nitrogens is 2. The number of carbonyl (C=O) groups excluding carboxylic acids is 1. The van der Waals surface area contributed by atoms with Gasteiger partial charge >= 0.3 is 5.97 Å². The highest BCUT2D eigenvalue weighted by atomic mass is 35.5. The number of thiophene rings is 1. The maximum absolute atomic E-state index is 12.8. The number of nitrogens with one attached hydrogen (secondary N) is 1. The van der Waals surface area contributed by atoms with Gasteiger partial charge in [-0.05, 0) is 50.6 Å². The Balaban J connectivity index is 2.00. The van der Waals surface area contributed by atoms with Crippen molar-refractivity contribution >= 4 is 40.1 Å². The second-order valence-electron chi connectivity index (χ2n) is 6.09. The average Bonchev–Trinajstić information content (AvgIpc) is 3.16. The third kappa shape index (κ3) is 4.01. The molecule has 0 spiro atoms. The van der Waals surface area contributed by atoms with E-state index in [4.69, 9.17) is 16.3 Å². The number of aliphatic imine (C=N–C) groups is 1. The highest BCUT2D eigenvalue weighted by Crippen LogP contribution is 2.35. The number of ether oxygens (including phenoxy) is 1. The molecule has 2 aromatic heterocycles. The zero-order valence-electron chi connectivity index (χ0n) is 15.9. The minimum Gasteiger partial charge on any atom is -0.462 e. The Morgan fingerprint density at radius 3 is 2.69 bits per heavy atom. The topological polar surface area (TPSA) is 100 Å². The molecule has 0 saturated carbocycles. The summed E-state index contributed by atoms with van der Waals surface area (Å²) in [5, 5.41) is 13.4. The molecule has 0 atom stereocenters. The van der Waals surface area contributed by atoms with Crippen LogP contribution in [0.5, 0.6) is 0 Å². The lowest BCUT2D eigenvalue weighted by atomic mass is 10.2. The SMILES string of the molecule is CCOC(=O)c1sc(/N=C/c2c(C)[nH]n(-c3ccc(Cl)cc3)c2=O)c(C#N)c1C. The molecule has 9 heteroatoms. The summed E-state index contributed by atoms with van der Waals surface area (Å²) in [6.07, 6.45) is 1.40. The molecule has 3 aromatic rings. The Kier molecular flexibility index (Phi) is 6.01. The van der Waals surface area contributed by atoms with Gasteiger partial charge < -0.3 is 4.74 Å². The first-order valence-corrected chi connectivity index (χ1v) is 9.89. The lowest BCUT2D eigenvalue weighted by molar-refractivity contribution is 0.0531. The van der Waals surface area contributed by atoms with Crippen LogP contribution < -0.4 is 5.56 Å². The first-order chi connectivity index (χ1) is 13.9. The summed E-state index contributed by atoms with van der Waals surface area (Å²) >= 11 is 6.97. The fraction of sp³-hybridized carbons (Fsp3) is 0.200. The van der Waals surface area contributed by atoms with E-state index in [1.807, 2.05) is 0 Å². The maximum Gasteiger partial charge on any atom is 0.348 e. The largest absolute Gasteiger partial charge is 0.462 e. The van der Waals surface area contributed by atoms with Crippen LogP contribution in [0.2, 0.25) is 5.02 Å². The second kappa shape index (κ2) is 8.47. The summed E-state index contributed by atoms with van der Waals surface area (Å²) in [5.74, 6) is -0.490. The number of rotatable bonds is 5.